The average molecular weight is 387 g/mol. The second-order valence-corrected chi connectivity index (χ2v) is 7.86. The van der Waals surface area contributed by atoms with Gasteiger partial charge in [0.2, 0.25) is 0 Å². The van der Waals surface area contributed by atoms with Gasteiger partial charge in [0.05, 0.1) is 0 Å². The van der Waals surface area contributed by atoms with E-state index in [1.807, 2.05) is 6.08 Å². The predicted molar refractivity (Wildman–Crippen MR) is 126 cm³/mol. The van der Waals surface area contributed by atoms with E-state index in [-0.39, 0.29) is 0 Å². The topological polar surface area (TPSA) is 6.48 Å². The van der Waals surface area contributed by atoms with Crippen molar-refractivity contribution in [3.05, 3.63) is 103 Å². The van der Waals surface area contributed by atoms with Crippen LogP contribution < -0.4 is 4.90 Å². The van der Waals surface area contributed by atoms with Crippen LogP contribution in [-0.2, 0) is 0 Å². The highest BCUT2D eigenvalue weighted by atomic mass is 15.2. The van der Waals surface area contributed by atoms with E-state index in [1.165, 1.54) is 22.5 Å². The van der Waals surface area contributed by atoms with Gasteiger partial charge in [0, 0.05) is 36.9 Å². The van der Waals surface area contributed by atoms with Gasteiger partial charge in [0.15, 0.2) is 0 Å². The van der Waals surface area contributed by atoms with Gasteiger partial charge in [-0.1, -0.05) is 60.7 Å². The highest BCUT2D eigenvalue weighted by molar-refractivity contribution is 5.53. The lowest BCUT2D eigenvalue weighted by Crippen LogP contribution is -2.45. The lowest BCUT2D eigenvalue weighted by atomic mass is 9.86. The Morgan fingerprint density at radius 1 is 1.00 bits per heavy atom. The fourth-order valence-corrected chi connectivity index (χ4v) is 4.51. The van der Waals surface area contributed by atoms with Gasteiger partial charge in [-0.25, -0.2) is 0 Å². The van der Waals surface area contributed by atoms with Gasteiger partial charge in [-0.2, -0.15) is 0 Å². The van der Waals surface area contributed by atoms with E-state index in [9.17, 15) is 0 Å². The monoisotopic (exact) mass is 386 g/mol. The Bertz CT molecular complexity index is 822. The molecule has 0 spiro atoms. The van der Waals surface area contributed by atoms with Crippen LogP contribution in [0.15, 0.2) is 97.2 Å². The third-order valence-corrected chi connectivity index (χ3v) is 6.09. The van der Waals surface area contributed by atoms with Crippen LogP contribution in [0.25, 0.3) is 0 Å². The van der Waals surface area contributed by atoms with Crippen LogP contribution in [-0.4, -0.2) is 24.5 Å². The Balaban J connectivity index is 2.02. The predicted octanol–water partition coefficient (Wildman–Crippen LogP) is 6.75. The van der Waals surface area contributed by atoms with Crippen molar-refractivity contribution in [2.75, 3.05) is 18.5 Å². The fraction of sp³-hybridized carbons (Fsp3) is 0.333. The molecule has 1 aliphatic heterocycles. The molecule has 0 N–H and O–H groups in total. The SMILES string of the molecule is C=CCCCN1[C@@H](CC=C)C(C)=C(N(C)c2ccccc2)C[C@H]1c1ccccc1. The van der Waals surface area contributed by atoms with Crippen molar-refractivity contribution >= 4 is 5.69 Å². The number of unbranched alkanes of at least 4 members (excludes halogenated alkanes) is 1. The van der Waals surface area contributed by atoms with Crippen LogP contribution >= 0.6 is 0 Å². The number of benzene rings is 2. The molecule has 0 saturated carbocycles. The lowest BCUT2D eigenvalue weighted by molar-refractivity contribution is 0.135. The van der Waals surface area contributed by atoms with Crippen LogP contribution in [0.5, 0.6) is 0 Å². The van der Waals surface area contributed by atoms with Crippen molar-refractivity contribution in [3.63, 3.8) is 0 Å². The van der Waals surface area contributed by atoms with Crippen LogP contribution in [0.2, 0.25) is 0 Å². The highest BCUT2D eigenvalue weighted by Crippen LogP contribution is 2.41. The first-order chi connectivity index (χ1) is 14.2. The van der Waals surface area contributed by atoms with Crippen molar-refractivity contribution in [2.45, 2.75) is 44.7 Å². The molecule has 0 aliphatic carbocycles. The van der Waals surface area contributed by atoms with Gasteiger partial charge in [-0.15, -0.1) is 13.2 Å². The summed E-state index contributed by atoms with van der Waals surface area (Å²) in [6, 6.07) is 22.4. The van der Waals surface area contributed by atoms with E-state index in [4.69, 9.17) is 0 Å². The number of nitrogens with zero attached hydrogens (tertiary/aromatic N) is 2. The summed E-state index contributed by atoms with van der Waals surface area (Å²) >= 11 is 0. The lowest BCUT2D eigenvalue weighted by Gasteiger charge is -2.46. The van der Waals surface area contributed by atoms with E-state index in [1.54, 1.807) is 0 Å². The summed E-state index contributed by atoms with van der Waals surface area (Å²) in [5.41, 5.74) is 5.52. The van der Waals surface area contributed by atoms with E-state index < -0.39 is 0 Å². The molecule has 0 fully saturated rings. The minimum Gasteiger partial charge on any atom is -0.348 e. The molecule has 152 valence electrons. The molecule has 2 aromatic carbocycles. The Morgan fingerprint density at radius 2 is 1.66 bits per heavy atom. The van der Waals surface area contributed by atoms with Crippen molar-refractivity contribution in [1.29, 1.82) is 0 Å². The first kappa shape index (κ1) is 21.1. The second kappa shape index (κ2) is 10.3. The Kier molecular flexibility index (Phi) is 7.48. The van der Waals surface area contributed by atoms with Gasteiger partial charge < -0.3 is 4.90 Å². The van der Waals surface area contributed by atoms with Crippen LogP contribution in [0.3, 0.4) is 0 Å². The molecule has 0 unspecified atom stereocenters. The van der Waals surface area contributed by atoms with Crippen molar-refractivity contribution in [1.82, 2.24) is 4.90 Å². The standard InChI is InChI=1S/C27H34N2/c1-5-7-14-20-29-25(15-6-2)22(3)26(28(4)24-18-12-9-13-19-24)21-27(29)23-16-10-8-11-17-23/h5-6,8-13,16-19,25,27H,1-2,7,14-15,20-21H2,3-4H3/t25-,27-/m0/s1. The molecule has 2 nitrogen and oxygen atoms in total. The summed E-state index contributed by atoms with van der Waals surface area (Å²) < 4.78 is 0. The fourth-order valence-electron chi connectivity index (χ4n) is 4.51. The maximum absolute atomic E-state index is 4.07. The molecule has 1 aliphatic rings. The molecule has 0 saturated heterocycles. The number of anilines is 1. The first-order valence-electron chi connectivity index (χ1n) is 10.7. The van der Waals surface area contributed by atoms with Gasteiger partial charge >= 0.3 is 0 Å². The van der Waals surface area contributed by atoms with E-state index in [0.29, 0.717) is 12.1 Å². The number of hydrogen-bond acceptors (Lipinski definition) is 2. The zero-order chi connectivity index (χ0) is 20.6. The largest absolute Gasteiger partial charge is 0.348 e. The normalized spacial score (nSPS) is 19.8. The van der Waals surface area contributed by atoms with Crippen molar-refractivity contribution in [3.8, 4) is 0 Å². The number of hydrogen-bond donors (Lipinski definition) is 0. The molecular formula is C27H34N2. The summed E-state index contributed by atoms with van der Waals surface area (Å²) in [7, 11) is 2.20. The van der Waals surface area contributed by atoms with Crippen LogP contribution in [0.1, 0.15) is 44.2 Å². The molecule has 2 aromatic rings. The molecule has 3 rings (SSSR count). The van der Waals surface area contributed by atoms with Gasteiger partial charge in [-0.3, -0.25) is 4.90 Å². The number of allylic oxidation sites excluding steroid dienone is 1. The summed E-state index contributed by atoms with van der Waals surface area (Å²) in [6.45, 7) is 11.4. The molecule has 0 radical (unpaired) electrons. The number of rotatable bonds is 9. The van der Waals surface area contributed by atoms with Gasteiger partial charge in [0.25, 0.3) is 0 Å². The third-order valence-electron chi connectivity index (χ3n) is 6.09. The van der Waals surface area contributed by atoms with Gasteiger partial charge in [-0.05, 0) is 56.0 Å². The van der Waals surface area contributed by atoms with Crippen molar-refractivity contribution in [2.24, 2.45) is 0 Å². The van der Waals surface area contributed by atoms with E-state index in [2.05, 4.69) is 104 Å². The summed E-state index contributed by atoms with van der Waals surface area (Å²) in [6.07, 6.45) is 8.28. The Morgan fingerprint density at radius 3 is 2.28 bits per heavy atom. The third kappa shape index (κ3) is 4.89. The van der Waals surface area contributed by atoms with Crippen LogP contribution in [0.4, 0.5) is 5.69 Å². The Labute approximate surface area is 176 Å². The molecule has 0 bridgehead atoms. The molecule has 2 atom stereocenters. The molecule has 2 heteroatoms. The molecule has 0 aromatic heterocycles. The first-order valence-corrected chi connectivity index (χ1v) is 10.7. The molecule has 1 heterocycles. The summed E-state index contributed by atoms with van der Waals surface area (Å²) in [5, 5.41) is 0. The average Bonchev–Trinajstić information content (AvgIpc) is 2.77. The van der Waals surface area contributed by atoms with Gasteiger partial charge in [0.1, 0.15) is 0 Å². The van der Waals surface area contributed by atoms with Crippen LogP contribution in [0, 0.1) is 0 Å². The molecular weight excluding hydrogens is 352 g/mol. The maximum Gasteiger partial charge on any atom is 0.0408 e. The second-order valence-electron chi connectivity index (χ2n) is 7.86. The summed E-state index contributed by atoms with van der Waals surface area (Å²) in [4.78, 5) is 5.07. The smallest absolute Gasteiger partial charge is 0.0408 e. The quantitative estimate of drug-likeness (QED) is 0.347. The van der Waals surface area contributed by atoms with E-state index >= 15 is 0 Å². The zero-order valence-electron chi connectivity index (χ0n) is 17.9. The minimum atomic E-state index is 0.371. The molecule has 29 heavy (non-hydrogen) atoms. The highest BCUT2D eigenvalue weighted by Gasteiger charge is 2.35. The van der Waals surface area contributed by atoms with Crippen molar-refractivity contribution < 1.29 is 0 Å². The zero-order valence-corrected chi connectivity index (χ0v) is 17.9. The maximum atomic E-state index is 4.07. The Hall–Kier alpha value is -2.58. The number of para-hydroxylation sites is 1. The van der Waals surface area contributed by atoms with E-state index in [0.717, 1.165) is 32.2 Å². The molecule has 0 amide bonds. The minimum absolute atomic E-state index is 0.371. The summed E-state index contributed by atoms with van der Waals surface area (Å²) in [5.74, 6) is 0.